The van der Waals surface area contributed by atoms with Gasteiger partial charge in [-0.05, 0) is 54.2 Å². The maximum Gasteiger partial charge on any atom is 0.246 e. The standard InChI is InChI=1S/C33H39N3O5/c1-20(2)22-12-14-24(15-13-22)34-30(37)27-26-16-17-33(41-26)28(27)32(39)36(19-21-8-7-11-25(18-21)40-3)29(33)31(38)35-23-9-5-4-6-10-23/h7-8,11-18,20,23,26-29H,4-6,9-10,19H2,1-3H3,(H,34,37)(H,35,38)/t26-,27-,28-,29-,33-/m0/s1. The van der Waals surface area contributed by atoms with Gasteiger partial charge in [0.1, 0.15) is 17.4 Å². The zero-order chi connectivity index (χ0) is 28.7. The first-order valence-electron chi connectivity index (χ1n) is 14.8. The lowest BCUT2D eigenvalue weighted by Gasteiger charge is -2.34. The van der Waals surface area contributed by atoms with Crippen molar-refractivity contribution in [3.05, 3.63) is 71.8 Å². The van der Waals surface area contributed by atoms with Crippen molar-refractivity contribution in [3.63, 3.8) is 0 Å². The molecule has 3 fully saturated rings. The molecule has 216 valence electrons. The number of hydrogen-bond donors (Lipinski definition) is 2. The van der Waals surface area contributed by atoms with Crippen LogP contribution in [0.5, 0.6) is 5.75 Å². The molecule has 1 aliphatic carbocycles. The number of ether oxygens (including phenoxy) is 2. The lowest BCUT2D eigenvalue weighted by atomic mass is 9.74. The van der Waals surface area contributed by atoms with Crippen LogP contribution >= 0.6 is 0 Å². The molecule has 5 atom stereocenters. The normalized spacial score (nSPS) is 28.7. The average molecular weight is 558 g/mol. The molecule has 3 heterocycles. The van der Waals surface area contributed by atoms with Crippen LogP contribution in [-0.2, 0) is 25.7 Å². The summed E-state index contributed by atoms with van der Waals surface area (Å²) in [7, 11) is 1.60. The highest BCUT2D eigenvalue weighted by Gasteiger charge is 2.72. The predicted molar refractivity (Wildman–Crippen MR) is 155 cm³/mol. The lowest BCUT2D eigenvalue weighted by Crippen LogP contribution is -2.56. The van der Waals surface area contributed by atoms with Crippen molar-refractivity contribution in [2.24, 2.45) is 11.8 Å². The number of benzene rings is 2. The summed E-state index contributed by atoms with van der Waals surface area (Å²) in [6.07, 6.45) is 8.33. The quantitative estimate of drug-likeness (QED) is 0.464. The van der Waals surface area contributed by atoms with Gasteiger partial charge in [-0.15, -0.1) is 0 Å². The predicted octanol–water partition coefficient (Wildman–Crippen LogP) is 4.56. The van der Waals surface area contributed by atoms with E-state index >= 15 is 0 Å². The van der Waals surface area contributed by atoms with Crippen LogP contribution in [0.25, 0.3) is 0 Å². The molecule has 0 aromatic heterocycles. The van der Waals surface area contributed by atoms with Crippen LogP contribution in [0.15, 0.2) is 60.7 Å². The van der Waals surface area contributed by atoms with Crippen LogP contribution in [-0.4, -0.2) is 53.5 Å². The van der Waals surface area contributed by atoms with Crippen molar-refractivity contribution in [2.75, 3.05) is 12.4 Å². The molecule has 3 aliphatic heterocycles. The van der Waals surface area contributed by atoms with Gasteiger partial charge in [-0.1, -0.05) is 69.5 Å². The number of nitrogens with one attached hydrogen (secondary N) is 2. The minimum absolute atomic E-state index is 0.0796. The number of fused-ring (bicyclic) bond motifs is 1. The Morgan fingerprint density at radius 3 is 2.54 bits per heavy atom. The molecule has 1 saturated carbocycles. The maximum absolute atomic E-state index is 14.2. The molecule has 0 unspecified atom stereocenters. The smallest absolute Gasteiger partial charge is 0.246 e. The topological polar surface area (TPSA) is 97.0 Å². The summed E-state index contributed by atoms with van der Waals surface area (Å²) in [5, 5.41) is 6.25. The van der Waals surface area contributed by atoms with Crippen molar-refractivity contribution >= 4 is 23.4 Å². The van der Waals surface area contributed by atoms with E-state index in [4.69, 9.17) is 9.47 Å². The molecule has 8 nitrogen and oxygen atoms in total. The van der Waals surface area contributed by atoms with E-state index in [1.54, 1.807) is 12.0 Å². The third-order valence-electron chi connectivity index (χ3n) is 9.21. The van der Waals surface area contributed by atoms with Gasteiger partial charge in [0.05, 0.1) is 25.0 Å². The molecular weight excluding hydrogens is 518 g/mol. The highest BCUT2D eigenvalue weighted by atomic mass is 16.5. The van der Waals surface area contributed by atoms with Crippen LogP contribution in [0.2, 0.25) is 0 Å². The molecule has 4 aliphatic rings. The average Bonchev–Trinajstić information content (AvgIpc) is 3.61. The van der Waals surface area contributed by atoms with Crippen molar-refractivity contribution < 1.29 is 23.9 Å². The van der Waals surface area contributed by atoms with E-state index in [0.717, 1.165) is 31.2 Å². The molecular formula is C33H39N3O5. The Balaban J connectivity index is 1.30. The third-order valence-corrected chi connectivity index (χ3v) is 9.21. The second-order valence-electron chi connectivity index (χ2n) is 12.1. The van der Waals surface area contributed by atoms with Gasteiger partial charge in [-0.2, -0.15) is 0 Å². The summed E-state index contributed by atoms with van der Waals surface area (Å²) in [6, 6.07) is 14.5. The molecule has 3 amide bonds. The van der Waals surface area contributed by atoms with Gasteiger partial charge < -0.3 is 25.0 Å². The first kappa shape index (κ1) is 27.5. The molecule has 2 saturated heterocycles. The first-order valence-corrected chi connectivity index (χ1v) is 14.8. The van der Waals surface area contributed by atoms with E-state index < -0.39 is 29.6 Å². The van der Waals surface area contributed by atoms with E-state index in [9.17, 15) is 14.4 Å². The van der Waals surface area contributed by atoms with Crippen LogP contribution in [0.4, 0.5) is 5.69 Å². The van der Waals surface area contributed by atoms with E-state index in [0.29, 0.717) is 17.4 Å². The van der Waals surface area contributed by atoms with Crippen LogP contribution in [0.1, 0.15) is 63.0 Å². The summed E-state index contributed by atoms with van der Waals surface area (Å²) in [5.41, 5.74) is 1.50. The van der Waals surface area contributed by atoms with Crippen LogP contribution in [0.3, 0.4) is 0 Å². The highest BCUT2D eigenvalue weighted by molar-refractivity contribution is 6.02. The minimum Gasteiger partial charge on any atom is -0.497 e. The number of hydrogen-bond acceptors (Lipinski definition) is 5. The van der Waals surface area contributed by atoms with Crippen molar-refractivity contribution in [1.82, 2.24) is 10.2 Å². The summed E-state index contributed by atoms with van der Waals surface area (Å²) in [4.78, 5) is 43.6. The molecule has 2 N–H and O–H groups in total. The van der Waals surface area contributed by atoms with Crippen LogP contribution in [0, 0.1) is 11.8 Å². The van der Waals surface area contributed by atoms with Gasteiger partial charge in [0, 0.05) is 18.3 Å². The minimum atomic E-state index is -1.19. The summed E-state index contributed by atoms with van der Waals surface area (Å²) < 4.78 is 11.9. The fourth-order valence-electron chi connectivity index (χ4n) is 7.11. The van der Waals surface area contributed by atoms with E-state index in [1.807, 2.05) is 60.7 Å². The molecule has 41 heavy (non-hydrogen) atoms. The van der Waals surface area contributed by atoms with Crippen molar-refractivity contribution in [2.45, 2.75) is 82.2 Å². The zero-order valence-electron chi connectivity index (χ0n) is 24.0. The second-order valence-corrected chi connectivity index (χ2v) is 12.1. The van der Waals surface area contributed by atoms with E-state index in [1.165, 1.54) is 12.0 Å². The largest absolute Gasteiger partial charge is 0.497 e. The third kappa shape index (κ3) is 4.92. The Labute approximate surface area is 241 Å². The molecule has 0 radical (unpaired) electrons. The Kier molecular flexibility index (Phi) is 7.36. The first-order chi connectivity index (χ1) is 19.8. The SMILES string of the molecule is COc1cccc(CN2C(=O)[C@@H]3[C@@H](C(=O)Nc4ccc(C(C)C)cc4)[C@@H]4C=C[C@@]3(O4)[C@@H]2C(=O)NC2CCCCC2)c1. The Hall–Kier alpha value is -3.65. The zero-order valence-corrected chi connectivity index (χ0v) is 24.0. The molecule has 2 bridgehead atoms. The van der Waals surface area contributed by atoms with Crippen LogP contribution < -0.4 is 15.4 Å². The highest BCUT2D eigenvalue weighted by Crippen LogP contribution is 2.55. The van der Waals surface area contributed by atoms with Gasteiger partial charge in [0.2, 0.25) is 17.7 Å². The number of likely N-dealkylation sites (tertiary alicyclic amines) is 1. The Bertz CT molecular complexity index is 1350. The van der Waals surface area contributed by atoms with Gasteiger partial charge in [-0.3, -0.25) is 14.4 Å². The van der Waals surface area contributed by atoms with E-state index in [2.05, 4.69) is 24.5 Å². The number of carbonyl (C=O) groups excluding carboxylic acids is 3. The molecule has 6 rings (SSSR count). The number of rotatable bonds is 8. The van der Waals surface area contributed by atoms with E-state index in [-0.39, 0.29) is 30.3 Å². The fraction of sp³-hybridized carbons (Fsp3) is 0.485. The van der Waals surface area contributed by atoms with Gasteiger partial charge >= 0.3 is 0 Å². The summed E-state index contributed by atoms with van der Waals surface area (Å²) >= 11 is 0. The summed E-state index contributed by atoms with van der Waals surface area (Å²) in [6.45, 7) is 4.45. The number of nitrogens with zero attached hydrogens (tertiary/aromatic N) is 1. The maximum atomic E-state index is 14.2. The number of methoxy groups -OCH3 is 1. The molecule has 2 aromatic carbocycles. The fourth-order valence-corrected chi connectivity index (χ4v) is 7.11. The molecule has 1 spiro atoms. The molecule has 2 aromatic rings. The van der Waals surface area contributed by atoms with Gasteiger partial charge in [0.15, 0.2) is 0 Å². The van der Waals surface area contributed by atoms with Crippen molar-refractivity contribution in [3.8, 4) is 5.75 Å². The van der Waals surface area contributed by atoms with Gasteiger partial charge in [0.25, 0.3) is 0 Å². The second kappa shape index (κ2) is 11.0. The number of anilines is 1. The number of carbonyl (C=O) groups is 3. The summed E-state index contributed by atoms with van der Waals surface area (Å²) in [5.74, 6) is -1.20. The monoisotopic (exact) mass is 557 g/mol. The number of amides is 3. The Morgan fingerprint density at radius 1 is 1.07 bits per heavy atom. The molecule has 8 heteroatoms. The Morgan fingerprint density at radius 2 is 1.83 bits per heavy atom. The lowest BCUT2D eigenvalue weighted by molar-refractivity contribution is -0.142. The van der Waals surface area contributed by atoms with Gasteiger partial charge in [-0.25, -0.2) is 0 Å². The van der Waals surface area contributed by atoms with Crippen molar-refractivity contribution in [1.29, 1.82) is 0 Å².